The highest BCUT2D eigenvalue weighted by molar-refractivity contribution is 7.10. The third kappa shape index (κ3) is 6.17. The molecule has 1 aromatic rings. The van der Waals surface area contributed by atoms with E-state index in [0.717, 1.165) is 13.1 Å². The Balaban J connectivity index is 2.02. The van der Waals surface area contributed by atoms with Crippen LogP contribution < -0.4 is 11.1 Å². The largest absolute Gasteiger partial charge is 0.366 e. The average Bonchev–Trinajstić information content (AvgIpc) is 2.81. The molecule has 0 saturated heterocycles. The Hall–Kier alpha value is -0.870. The van der Waals surface area contributed by atoms with E-state index in [1.165, 1.54) is 43.4 Å². The van der Waals surface area contributed by atoms with Crippen molar-refractivity contribution in [2.75, 3.05) is 6.54 Å². The quantitative estimate of drug-likeness (QED) is 0.640. The minimum Gasteiger partial charge on any atom is -0.366 e. The fourth-order valence-corrected chi connectivity index (χ4v) is 2.69. The standard InChI is InChI=1S/C14H24N2OS/c1-2-3-4-5-6-7-8-16-10-13-9-12(11-18-13)14(15)17/h9,11,16H,2-8,10H2,1H3,(H2,15,17). The molecule has 1 aromatic heterocycles. The number of carbonyl (C=O) groups excluding carboxylic acids is 1. The van der Waals surface area contributed by atoms with Gasteiger partial charge in [-0.25, -0.2) is 0 Å². The molecule has 0 aliphatic rings. The minimum atomic E-state index is -0.339. The molecule has 0 saturated carbocycles. The van der Waals surface area contributed by atoms with Gasteiger partial charge in [-0.1, -0.05) is 39.0 Å². The first-order chi connectivity index (χ1) is 8.74. The Labute approximate surface area is 114 Å². The predicted molar refractivity (Wildman–Crippen MR) is 77.9 cm³/mol. The second-order valence-corrected chi connectivity index (χ2v) is 5.61. The summed E-state index contributed by atoms with van der Waals surface area (Å²) in [5, 5.41) is 5.23. The number of hydrogen-bond donors (Lipinski definition) is 2. The van der Waals surface area contributed by atoms with E-state index in [1.807, 2.05) is 11.4 Å². The third-order valence-corrected chi connectivity index (χ3v) is 3.88. The molecule has 0 atom stereocenters. The lowest BCUT2D eigenvalue weighted by molar-refractivity contribution is 0.100. The molecule has 0 radical (unpaired) electrons. The lowest BCUT2D eigenvalue weighted by Gasteiger charge is -2.03. The molecular weight excluding hydrogens is 244 g/mol. The molecule has 0 aliphatic heterocycles. The van der Waals surface area contributed by atoms with Crippen LogP contribution in [0.15, 0.2) is 11.4 Å². The highest BCUT2D eigenvalue weighted by Crippen LogP contribution is 2.13. The third-order valence-electron chi connectivity index (χ3n) is 2.94. The Bertz CT molecular complexity index is 349. The van der Waals surface area contributed by atoms with E-state index in [1.54, 1.807) is 11.3 Å². The van der Waals surface area contributed by atoms with Gasteiger partial charge in [0.2, 0.25) is 5.91 Å². The van der Waals surface area contributed by atoms with Gasteiger partial charge < -0.3 is 11.1 Å². The number of rotatable bonds is 10. The molecule has 1 rings (SSSR count). The van der Waals surface area contributed by atoms with E-state index in [9.17, 15) is 4.79 Å². The van der Waals surface area contributed by atoms with Crippen molar-refractivity contribution in [1.29, 1.82) is 0 Å². The number of primary amides is 1. The zero-order valence-corrected chi connectivity index (χ0v) is 12.0. The van der Waals surface area contributed by atoms with Gasteiger partial charge >= 0.3 is 0 Å². The summed E-state index contributed by atoms with van der Waals surface area (Å²) in [6.45, 7) is 4.13. The summed E-state index contributed by atoms with van der Waals surface area (Å²) in [5.74, 6) is -0.339. The van der Waals surface area contributed by atoms with Gasteiger partial charge in [-0.2, -0.15) is 0 Å². The molecule has 0 unspecified atom stereocenters. The van der Waals surface area contributed by atoms with Crippen LogP contribution in [-0.2, 0) is 6.54 Å². The van der Waals surface area contributed by atoms with Gasteiger partial charge in [0.1, 0.15) is 0 Å². The van der Waals surface area contributed by atoms with Gasteiger partial charge in [-0.05, 0) is 19.0 Å². The van der Waals surface area contributed by atoms with Gasteiger partial charge in [0.05, 0.1) is 5.56 Å². The summed E-state index contributed by atoms with van der Waals surface area (Å²) >= 11 is 1.59. The van der Waals surface area contributed by atoms with Crippen LogP contribution in [-0.4, -0.2) is 12.5 Å². The first-order valence-electron chi connectivity index (χ1n) is 6.82. The van der Waals surface area contributed by atoms with Crippen molar-refractivity contribution >= 4 is 17.2 Å². The first kappa shape index (κ1) is 15.2. The van der Waals surface area contributed by atoms with Crippen LogP contribution in [0.5, 0.6) is 0 Å². The van der Waals surface area contributed by atoms with Crippen LogP contribution in [0.3, 0.4) is 0 Å². The molecule has 0 bridgehead atoms. The lowest BCUT2D eigenvalue weighted by atomic mass is 10.1. The molecule has 3 N–H and O–H groups in total. The summed E-state index contributed by atoms with van der Waals surface area (Å²) in [6, 6.07) is 1.88. The molecule has 0 aliphatic carbocycles. The normalized spacial score (nSPS) is 10.7. The van der Waals surface area contributed by atoms with Gasteiger partial charge in [0.15, 0.2) is 0 Å². The predicted octanol–water partition coefficient (Wildman–Crippen LogP) is 3.30. The molecule has 1 heterocycles. The van der Waals surface area contributed by atoms with E-state index in [2.05, 4.69) is 12.2 Å². The SMILES string of the molecule is CCCCCCCCNCc1cc(C(N)=O)cs1. The zero-order valence-electron chi connectivity index (χ0n) is 11.2. The average molecular weight is 268 g/mol. The fraction of sp³-hybridized carbons (Fsp3) is 0.643. The van der Waals surface area contributed by atoms with E-state index < -0.39 is 0 Å². The number of thiophene rings is 1. The maximum atomic E-state index is 10.9. The number of nitrogens with two attached hydrogens (primary N) is 1. The van der Waals surface area contributed by atoms with Crippen molar-refractivity contribution in [2.24, 2.45) is 5.73 Å². The van der Waals surface area contributed by atoms with Crippen molar-refractivity contribution < 1.29 is 4.79 Å². The maximum absolute atomic E-state index is 10.9. The van der Waals surface area contributed by atoms with Crippen molar-refractivity contribution in [1.82, 2.24) is 5.32 Å². The molecule has 102 valence electrons. The highest BCUT2D eigenvalue weighted by atomic mass is 32.1. The monoisotopic (exact) mass is 268 g/mol. The van der Waals surface area contributed by atoms with Crippen molar-refractivity contribution in [3.05, 3.63) is 21.9 Å². The van der Waals surface area contributed by atoms with E-state index in [0.29, 0.717) is 5.56 Å². The Kier molecular flexibility index (Phi) is 7.69. The summed E-state index contributed by atoms with van der Waals surface area (Å²) in [4.78, 5) is 12.1. The molecule has 18 heavy (non-hydrogen) atoms. The number of unbranched alkanes of at least 4 members (excludes halogenated alkanes) is 5. The molecule has 0 fully saturated rings. The molecule has 3 nitrogen and oxygen atoms in total. The van der Waals surface area contributed by atoms with Gasteiger partial charge in [-0.15, -0.1) is 11.3 Å². The number of amides is 1. The fourth-order valence-electron chi connectivity index (χ4n) is 1.84. The van der Waals surface area contributed by atoms with Crippen LogP contribution in [0.4, 0.5) is 0 Å². The van der Waals surface area contributed by atoms with Crippen LogP contribution in [0.25, 0.3) is 0 Å². The zero-order chi connectivity index (χ0) is 13.2. The van der Waals surface area contributed by atoms with Crippen molar-refractivity contribution in [2.45, 2.75) is 52.0 Å². The number of nitrogens with one attached hydrogen (secondary N) is 1. The molecule has 4 heteroatoms. The van der Waals surface area contributed by atoms with Gasteiger partial charge in [-0.3, -0.25) is 4.79 Å². The van der Waals surface area contributed by atoms with Crippen LogP contribution in [0.1, 0.15) is 60.7 Å². The van der Waals surface area contributed by atoms with Crippen LogP contribution >= 0.6 is 11.3 Å². The molecule has 0 aromatic carbocycles. The second kappa shape index (κ2) is 9.11. The topological polar surface area (TPSA) is 55.1 Å². The van der Waals surface area contributed by atoms with Crippen molar-refractivity contribution in [3.8, 4) is 0 Å². The van der Waals surface area contributed by atoms with Crippen molar-refractivity contribution in [3.63, 3.8) is 0 Å². The summed E-state index contributed by atoms with van der Waals surface area (Å²) < 4.78 is 0. The summed E-state index contributed by atoms with van der Waals surface area (Å²) in [7, 11) is 0. The van der Waals surface area contributed by atoms with Crippen LogP contribution in [0, 0.1) is 0 Å². The Morgan fingerprint density at radius 1 is 1.28 bits per heavy atom. The Morgan fingerprint density at radius 2 is 2.00 bits per heavy atom. The molecule has 1 amide bonds. The minimum absolute atomic E-state index is 0.339. The smallest absolute Gasteiger partial charge is 0.249 e. The maximum Gasteiger partial charge on any atom is 0.249 e. The summed E-state index contributed by atoms with van der Waals surface area (Å²) in [5.41, 5.74) is 5.83. The first-order valence-corrected chi connectivity index (χ1v) is 7.70. The lowest BCUT2D eigenvalue weighted by Crippen LogP contribution is -2.14. The van der Waals surface area contributed by atoms with Gasteiger partial charge in [0, 0.05) is 16.8 Å². The number of carbonyl (C=O) groups is 1. The van der Waals surface area contributed by atoms with Gasteiger partial charge in [0.25, 0.3) is 0 Å². The molecular formula is C14H24N2OS. The second-order valence-electron chi connectivity index (χ2n) is 4.61. The Morgan fingerprint density at radius 3 is 2.67 bits per heavy atom. The van der Waals surface area contributed by atoms with E-state index in [4.69, 9.17) is 5.73 Å². The van der Waals surface area contributed by atoms with E-state index in [-0.39, 0.29) is 5.91 Å². The number of hydrogen-bond acceptors (Lipinski definition) is 3. The summed E-state index contributed by atoms with van der Waals surface area (Å²) in [6.07, 6.45) is 7.92. The molecule has 0 spiro atoms. The highest BCUT2D eigenvalue weighted by Gasteiger charge is 2.03. The van der Waals surface area contributed by atoms with Crippen LogP contribution in [0.2, 0.25) is 0 Å². The van der Waals surface area contributed by atoms with E-state index >= 15 is 0 Å².